The van der Waals surface area contributed by atoms with Crippen molar-refractivity contribution in [3.63, 3.8) is 0 Å². The molecule has 0 aliphatic rings. The second-order valence-corrected chi connectivity index (χ2v) is 4.59. The monoisotopic (exact) mass is 229 g/mol. The Bertz CT molecular complexity index is 196. The Morgan fingerprint density at radius 2 is 1.69 bits per heavy atom. The Balaban J connectivity index is 4.27. The first-order valence-electron chi connectivity index (χ1n) is 6.17. The summed E-state index contributed by atoms with van der Waals surface area (Å²) in [5, 5.41) is 7.03. The molecule has 0 saturated carbocycles. The van der Waals surface area contributed by atoms with Crippen LogP contribution in [0.4, 0.5) is 0 Å². The molecule has 4 nitrogen and oxygen atoms in total. The molecule has 0 atom stereocenters. The number of hydrazine groups is 1. The van der Waals surface area contributed by atoms with Crippen LogP contribution in [0.25, 0.3) is 0 Å². The van der Waals surface area contributed by atoms with Crippen LogP contribution in [0.5, 0.6) is 0 Å². The van der Waals surface area contributed by atoms with Crippen molar-refractivity contribution >= 4 is 5.91 Å². The van der Waals surface area contributed by atoms with E-state index >= 15 is 0 Å². The van der Waals surface area contributed by atoms with Gasteiger partial charge in [-0.2, -0.15) is 0 Å². The summed E-state index contributed by atoms with van der Waals surface area (Å²) in [6, 6.07) is 0.682. The first-order valence-corrected chi connectivity index (χ1v) is 6.17. The molecule has 16 heavy (non-hydrogen) atoms. The molecule has 0 fully saturated rings. The Morgan fingerprint density at radius 3 is 2.06 bits per heavy atom. The summed E-state index contributed by atoms with van der Waals surface area (Å²) in [7, 11) is 1.86. The maximum absolute atomic E-state index is 11.9. The molecule has 0 bridgehead atoms. The smallest absolute Gasteiger partial charge is 0.237 e. The summed E-state index contributed by atoms with van der Waals surface area (Å²) in [5.41, 5.74) is 0. The van der Waals surface area contributed by atoms with Crippen LogP contribution >= 0.6 is 0 Å². The van der Waals surface area contributed by atoms with Crippen molar-refractivity contribution in [3.8, 4) is 0 Å². The van der Waals surface area contributed by atoms with Gasteiger partial charge in [0.05, 0.1) is 0 Å². The molecule has 0 aliphatic heterocycles. The van der Waals surface area contributed by atoms with Crippen molar-refractivity contribution in [2.75, 3.05) is 20.1 Å². The third-order valence-corrected chi connectivity index (χ3v) is 2.53. The SMILES string of the molecule is CCNCCC(=O)N(C)N(C(C)C)C(C)C. The van der Waals surface area contributed by atoms with E-state index in [-0.39, 0.29) is 5.91 Å². The lowest BCUT2D eigenvalue weighted by Crippen LogP contribution is -2.51. The van der Waals surface area contributed by atoms with E-state index in [1.807, 2.05) is 14.0 Å². The maximum Gasteiger partial charge on any atom is 0.237 e. The van der Waals surface area contributed by atoms with Crippen LogP contribution < -0.4 is 5.32 Å². The van der Waals surface area contributed by atoms with Gasteiger partial charge in [-0.05, 0) is 34.2 Å². The van der Waals surface area contributed by atoms with Crippen LogP contribution in [0.15, 0.2) is 0 Å². The number of hydrogen-bond acceptors (Lipinski definition) is 3. The number of hydrogen-bond donors (Lipinski definition) is 1. The van der Waals surface area contributed by atoms with Crippen molar-refractivity contribution in [1.82, 2.24) is 15.3 Å². The number of carbonyl (C=O) groups is 1. The van der Waals surface area contributed by atoms with Crippen molar-refractivity contribution in [2.24, 2.45) is 0 Å². The van der Waals surface area contributed by atoms with Crippen LogP contribution in [-0.4, -0.2) is 48.1 Å². The maximum atomic E-state index is 11.9. The molecule has 1 amide bonds. The summed E-state index contributed by atoms with van der Waals surface area (Å²) in [5.74, 6) is 0.170. The van der Waals surface area contributed by atoms with Gasteiger partial charge in [-0.25, -0.2) is 5.01 Å². The van der Waals surface area contributed by atoms with E-state index in [1.165, 1.54) is 0 Å². The standard InChI is InChI=1S/C12H27N3O/c1-7-13-9-8-12(16)14(6)15(10(2)3)11(4)5/h10-11,13H,7-9H2,1-6H3. The summed E-state index contributed by atoms with van der Waals surface area (Å²) in [6.07, 6.45) is 0.556. The molecule has 0 unspecified atom stereocenters. The summed E-state index contributed by atoms with van der Waals surface area (Å²) in [6.45, 7) is 12.1. The fraction of sp³-hybridized carbons (Fsp3) is 0.917. The van der Waals surface area contributed by atoms with Gasteiger partial charge < -0.3 is 5.32 Å². The minimum absolute atomic E-state index is 0.170. The highest BCUT2D eigenvalue weighted by atomic mass is 16.2. The van der Waals surface area contributed by atoms with Gasteiger partial charge in [0, 0.05) is 32.1 Å². The predicted molar refractivity (Wildman–Crippen MR) is 68.0 cm³/mol. The van der Waals surface area contributed by atoms with Crippen molar-refractivity contribution in [2.45, 2.75) is 53.1 Å². The number of carbonyl (C=O) groups excluding carboxylic acids is 1. The summed E-state index contributed by atoms with van der Waals surface area (Å²) < 4.78 is 0. The lowest BCUT2D eigenvalue weighted by Gasteiger charge is -2.38. The van der Waals surface area contributed by atoms with E-state index in [0.717, 1.165) is 13.1 Å². The average Bonchev–Trinajstić information content (AvgIpc) is 2.16. The zero-order valence-electron chi connectivity index (χ0n) is 11.6. The minimum atomic E-state index is 0.170. The van der Waals surface area contributed by atoms with Crippen LogP contribution in [0.1, 0.15) is 41.0 Å². The zero-order valence-corrected chi connectivity index (χ0v) is 11.6. The van der Waals surface area contributed by atoms with Crippen LogP contribution in [0.2, 0.25) is 0 Å². The average molecular weight is 229 g/mol. The topological polar surface area (TPSA) is 35.6 Å². The third kappa shape index (κ3) is 4.94. The Hall–Kier alpha value is -0.610. The molecule has 0 heterocycles. The molecular formula is C12H27N3O. The summed E-state index contributed by atoms with van der Waals surface area (Å²) in [4.78, 5) is 11.9. The van der Waals surface area contributed by atoms with Gasteiger partial charge in [0.25, 0.3) is 0 Å². The van der Waals surface area contributed by atoms with E-state index in [2.05, 4.69) is 38.0 Å². The summed E-state index contributed by atoms with van der Waals surface area (Å²) >= 11 is 0. The van der Waals surface area contributed by atoms with Gasteiger partial charge in [-0.3, -0.25) is 9.80 Å². The molecule has 0 aromatic carbocycles. The third-order valence-electron chi connectivity index (χ3n) is 2.53. The van der Waals surface area contributed by atoms with Crippen LogP contribution in [-0.2, 0) is 4.79 Å². The van der Waals surface area contributed by atoms with Crippen molar-refractivity contribution < 1.29 is 4.79 Å². The van der Waals surface area contributed by atoms with Gasteiger partial charge in [-0.1, -0.05) is 6.92 Å². The molecular weight excluding hydrogens is 202 g/mol. The normalized spacial score (nSPS) is 11.6. The van der Waals surface area contributed by atoms with Gasteiger partial charge in [0.2, 0.25) is 5.91 Å². The second-order valence-electron chi connectivity index (χ2n) is 4.59. The van der Waals surface area contributed by atoms with E-state index in [0.29, 0.717) is 18.5 Å². The molecule has 4 heteroatoms. The molecule has 0 aromatic heterocycles. The van der Waals surface area contributed by atoms with Crippen LogP contribution in [0, 0.1) is 0 Å². The highest BCUT2D eigenvalue weighted by Gasteiger charge is 2.21. The fourth-order valence-corrected chi connectivity index (χ4v) is 1.95. The fourth-order valence-electron chi connectivity index (χ4n) is 1.95. The molecule has 1 N–H and O–H groups in total. The van der Waals surface area contributed by atoms with E-state index in [9.17, 15) is 4.79 Å². The number of rotatable bonds is 7. The van der Waals surface area contributed by atoms with Crippen molar-refractivity contribution in [1.29, 1.82) is 0 Å². The molecule has 0 aliphatic carbocycles. The molecule has 0 rings (SSSR count). The van der Waals surface area contributed by atoms with Gasteiger partial charge in [0.15, 0.2) is 0 Å². The number of amides is 1. The Morgan fingerprint density at radius 1 is 1.19 bits per heavy atom. The lowest BCUT2D eigenvalue weighted by atomic mass is 10.3. The van der Waals surface area contributed by atoms with Gasteiger partial charge in [0.1, 0.15) is 0 Å². The highest BCUT2D eigenvalue weighted by Crippen LogP contribution is 2.09. The van der Waals surface area contributed by atoms with E-state index in [1.54, 1.807) is 5.01 Å². The molecule has 0 spiro atoms. The van der Waals surface area contributed by atoms with E-state index < -0.39 is 0 Å². The molecule has 0 aromatic rings. The number of nitrogens with zero attached hydrogens (tertiary/aromatic N) is 2. The second kappa shape index (κ2) is 7.63. The molecule has 0 radical (unpaired) electrons. The van der Waals surface area contributed by atoms with Crippen molar-refractivity contribution in [3.05, 3.63) is 0 Å². The minimum Gasteiger partial charge on any atom is -0.316 e. The lowest BCUT2D eigenvalue weighted by molar-refractivity contribution is -0.152. The predicted octanol–water partition coefficient (Wildman–Crippen LogP) is 1.48. The first-order chi connectivity index (χ1) is 7.41. The Labute approximate surface area is 100.0 Å². The van der Waals surface area contributed by atoms with Gasteiger partial charge in [-0.15, -0.1) is 0 Å². The zero-order chi connectivity index (χ0) is 12.7. The largest absolute Gasteiger partial charge is 0.316 e. The quantitative estimate of drug-likeness (QED) is 0.530. The van der Waals surface area contributed by atoms with Gasteiger partial charge >= 0.3 is 0 Å². The first kappa shape index (κ1) is 15.4. The Kier molecular flexibility index (Phi) is 7.34. The van der Waals surface area contributed by atoms with E-state index in [4.69, 9.17) is 0 Å². The van der Waals surface area contributed by atoms with Crippen LogP contribution in [0.3, 0.4) is 0 Å². The molecule has 96 valence electrons. The molecule has 0 saturated heterocycles. The number of nitrogens with one attached hydrogen (secondary N) is 1. The highest BCUT2D eigenvalue weighted by molar-refractivity contribution is 5.75.